The Labute approximate surface area is 157 Å². The van der Waals surface area contributed by atoms with Crippen LogP contribution in [0.3, 0.4) is 0 Å². The molecular weight excluding hydrogens is 350 g/mol. The highest BCUT2D eigenvalue weighted by molar-refractivity contribution is 7.99. The van der Waals surface area contributed by atoms with E-state index in [9.17, 15) is 0 Å². The Balaban J connectivity index is 1.70. The fourth-order valence-electron chi connectivity index (χ4n) is 3.24. The molecule has 0 bridgehead atoms. The molecular formula is C20H20ClN3S. The molecule has 1 aliphatic heterocycles. The van der Waals surface area contributed by atoms with Gasteiger partial charge in [0.15, 0.2) is 5.16 Å². The number of rotatable bonds is 4. The van der Waals surface area contributed by atoms with Crippen LogP contribution < -0.4 is 0 Å². The van der Waals surface area contributed by atoms with Gasteiger partial charge in [0.05, 0.1) is 5.25 Å². The van der Waals surface area contributed by atoms with Gasteiger partial charge in [0, 0.05) is 18.0 Å². The van der Waals surface area contributed by atoms with Crippen molar-refractivity contribution in [1.82, 2.24) is 14.8 Å². The third-order valence-electron chi connectivity index (χ3n) is 4.57. The van der Waals surface area contributed by atoms with Gasteiger partial charge < -0.3 is 4.57 Å². The molecule has 3 aromatic rings. The second-order valence-corrected chi connectivity index (χ2v) is 7.83. The summed E-state index contributed by atoms with van der Waals surface area (Å²) in [6.45, 7) is 1.02. The molecule has 0 radical (unpaired) electrons. The van der Waals surface area contributed by atoms with Crippen molar-refractivity contribution >= 4 is 23.4 Å². The number of hydrogen-bond donors (Lipinski definition) is 0. The molecule has 1 aromatic heterocycles. The average molecular weight is 370 g/mol. The van der Waals surface area contributed by atoms with E-state index >= 15 is 0 Å². The molecule has 3 nitrogen and oxygen atoms in total. The summed E-state index contributed by atoms with van der Waals surface area (Å²) in [5.41, 5.74) is 2.49. The van der Waals surface area contributed by atoms with Crippen molar-refractivity contribution in [1.29, 1.82) is 0 Å². The van der Waals surface area contributed by atoms with E-state index < -0.39 is 0 Å². The van der Waals surface area contributed by atoms with Crippen molar-refractivity contribution in [3.8, 4) is 0 Å². The SMILES string of the molecule is Clc1ccc([C@@H](Sc2nnc3n2CCCCC3)c2ccccc2)cc1. The van der Waals surface area contributed by atoms with Gasteiger partial charge in [-0.05, 0) is 36.1 Å². The number of hydrogen-bond acceptors (Lipinski definition) is 3. The first-order valence-corrected chi connectivity index (χ1v) is 9.96. The van der Waals surface area contributed by atoms with E-state index in [1.54, 1.807) is 11.8 Å². The Kier molecular flexibility index (Phi) is 5.09. The lowest BCUT2D eigenvalue weighted by Gasteiger charge is -2.18. The molecule has 2 aromatic carbocycles. The van der Waals surface area contributed by atoms with Crippen molar-refractivity contribution in [2.24, 2.45) is 0 Å². The molecule has 0 aliphatic carbocycles. The van der Waals surface area contributed by atoms with Gasteiger partial charge >= 0.3 is 0 Å². The largest absolute Gasteiger partial charge is 0.306 e. The molecule has 1 aliphatic rings. The van der Waals surface area contributed by atoms with Crippen molar-refractivity contribution < 1.29 is 0 Å². The fraction of sp³-hybridized carbons (Fsp3) is 0.300. The Morgan fingerprint density at radius 1 is 0.880 bits per heavy atom. The van der Waals surface area contributed by atoms with Crippen LogP contribution in [-0.4, -0.2) is 14.8 Å². The summed E-state index contributed by atoms with van der Waals surface area (Å²) in [5, 5.41) is 10.9. The summed E-state index contributed by atoms with van der Waals surface area (Å²) in [7, 11) is 0. The summed E-state index contributed by atoms with van der Waals surface area (Å²) in [5.74, 6) is 1.13. The third-order valence-corrected chi connectivity index (χ3v) is 6.12. The van der Waals surface area contributed by atoms with Gasteiger partial charge in [-0.2, -0.15) is 0 Å². The monoisotopic (exact) mass is 369 g/mol. The van der Waals surface area contributed by atoms with Crippen LogP contribution >= 0.6 is 23.4 Å². The van der Waals surface area contributed by atoms with Gasteiger partial charge in [-0.15, -0.1) is 10.2 Å². The van der Waals surface area contributed by atoms with Gasteiger partial charge in [-0.1, -0.05) is 72.2 Å². The van der Waals surface area contributed by atoms with Crippen LogP contribution in [0, 0.1) is 0 Å². The summed E-state index contributed by atoms with van der Waals surface area (Å²) in [6, 6.07) is 18.7. The minimum atomic E-state index is 0.176. The van der Waals surface area contributed by atoms with E-state index in [0.29, 0.717) is 0 Å². The molecule has 0 amide bonds. The van der Waals surface area contributed by atoms with E-state index in [0.717, 1.165) is 29.0 Å². The fourth-order valence-corrected chi connectivity index (χ4v) is 4.58. The van der Waals surface area contributed by atoms with Crippen LogP contribution in [0.2, 0.25) is 5.02 Å². The second kappa shape index (κ2) is 7.63. The summed E-state index contributed by atoms with van der Waals surface area (Å²) < 4.78 is 2.31. The molecule has 2 heterocycles. The van der Waals surface area contributed by atoms with Crippen LogP contribution in [0.15, 0.2) is 59.8 Å². The summed E-state index contributed by atoms with van der Waals surface area (Å²) >= 11 is 7.86. The Hall–Kier alpha value is -1.78. The number of thioether (sulfide) groups is 1. The van der Waals surface area contributed by atoms with Crippen LogP contribution in [0.1, 0.15) is 41.5 Å². The summed E-state index contributed by atoms with van der Waals surface area (Å²) in [4.78, 5) is 0. The number of fused-ring (bicyclic) bond motifs is 1. The first-order valence-electron chi connectivity index (χ1n) is 8.70. The van der Waals surface area contributed by atoms with Crippen LogP contribution in [-0.2, 0) is 13.0 Å². The number of benzene rings is 2. The molecule has 0 spiro atoms. The normalized spacial score (nSPS) is 15.4. The van der Waals surface area contributed by atoms with Crippen LogP contribution in [0.25, 0.3) is 0 Å². The number of nitrogens with zero attached hydrogens (tertiary/aromatic N) is 3. The molecule has 0 N–H and O–H groups in total. The Morgan fingerprint density at radius 2 is 1.64 bits per heavy atom. The van der Waals surface area contributed by atoms with Crippen LogP contribution in [0.4, 0.5) is 0 Å². The van der Waals surface area contributed by atoms with Gasteiger partial charge in [0.1, 0.15) is 5.82 Å². The summed E-state index contributed by atoms with van der Waals surface area (Å²) in [6.07, 6.45) is 4.72. The predicted octanol–water partition coefficient (Wildman–Crippen LogP) is 5.54. The topological polar surface area (TPSA) is 30.7 Å². The Bertz CT molecular complexity index is 830. The molecule has 5 heteroatoms. The van der Waals surface area contributed by atoms with Crippen molar-refractivity contribution in [2.45, 2.75) is 42.6 Å². The highest BCUT2D eigenvalue weighted by Crippen LogP contribution is 2.40. The van der Waals surface area contributed by atoms with E-state index in [1.165, 1.54) is 30.4 Å². The lowest BCUT2D eigenvalue weighted by atomic mass is 10.0. The molecule has 25 heavy (non-hydrogen) atoms. The second-order valence-electron chi connectivity index (χ2n) is 6.32. The smallest absolute Gasteiger partial charge is 0.192 e. The number of aryl methyl sites for hydroxylation is 1. The molecule has 128 valence electrons. The maximum absolute atomic E-state index is 6.08. The highest BCUT2D eigenvalue weighted by atomic mass is 35.5. The van der Waals surface area contributed by atoms with Crippen molar-refractivity contribution in [2.75, 3.05) is 0 Å². The van der Waals surface area contributed by atoms with Gasteiger partial charge in [0.25, 0.3) is 0 Å². The van der Waals surface area contributed by atoms with Gasteiger partial charge in [-0.3, -0.25) is 0 Å². The van der Waals surface area contributed by atoms with Crippen molar-refractivity contribution in [3.05, 3.63) is 76.6 Å². The first kappa shape index (κ1) is 16.7. The molecule has 0 unspecified atom stereocenters. The minimum Gasteiger partial charge on any atom is -0.306 e. The van der Waals surface area contributed by atoms with E-state index in [1.807, 2.05) is 12.1 Å². The standard InChI is InChI=1S/C20H20ClN3S/c21-17-12-10-16(11-13-17)19(15-7-3-1-4-8-15)25-20-23-22-18-9-5-2-6-14-24(18)20/h1,3-4,7-8,10-13,19H,2,5-6,9,14H2/t19-/m0/s1. The van der Waals surface area contributed by atoms with E-state index in [4.69, 9.17) is 11.6 Å². The zero-order chi connectivity index (χ0) is 17.1. The van der Waals surface area contributed by atoms with Crippen LogP contribution in [0.5, 0.6) is 0 Å². The van der Waals surface area contributed by atoms with Gasteiger partial charge in [0.2, 0.25) is 0 Å². The first-order chi connectivity index (χ1) is 12.3. The number of aromatic nitrogens is 3. The quantitative estimate of drug-likeness (QED) is 0.565. The highest BCUT2D eigenvalue weighted by Gasteiger charge is 2.21. The zero-order valence-electron chi connectivity index (χ0n) is 13.9. The lowest BCUT2D eigenvalue weighted by Crippen LogP contribution is -2.04. The molecule has 0 saturated carbocycles. The minimum absolute atomic E-state index is 0.176. The third kappa shape index (κ3) is 3.75. The number of halogens is 1. The molecule has 4 rings (SSSR count). The van der Waals surface area contributed by atoms with Crippen molar-refractivity contribution in [3.63, 3.8) is 0 Å². The lowest BCUT2D eigenvalue weighted by molar-refractivity contribution is 0.590. The van der Waals surface area contributed by atoms with E-state index in [2.05, 4.69) is 57.2 Å². The maximum atomic E-state index is 6.08. The molecule has 0 saturated heterocycles. The molecule has 1 atom stereocenters. The zero-order valence-corrected chi connectivity index (χ0v) is 15.5. The molecule has 0 fully saturated rings. The maximum Gasteiger partial charge on any atom is 0.192 e. The average Bonchev–Trinajstić information content (AvgIpc) is 2.87. The predicted molar refractivity (Wildman–Crippen MR) is 103 cm³/mol. The van der Waals surface area contributed by atoms with E-state index in [-0.39, 0.29) is 5.25 Å². The van der Waals surface area contributed by atoms with Gasteiger partial charge in [-0.25, -0.2) is 0 Å². The Morgan fingerprint density at radius 3 is 2.44 bits per heavy atom.